The second-order valence-electron chi connectivity index (χ2n) is 7.40. The third-order valence-electron chi connectivity index (χ3n) is 6.22. The standard InChI is InChI=1S/C14H23NO4S/c1-13(2)11-6-12(16)14(13,8-20(17,18)19)7-9(11)5-10-3-4-15-10/h9-11,15H,3-8H2,1-2H3,(H,17,18,19)/t9?,10-,11-,14+/m1/s1. The number of hydrogen-bond donors (Lipinski definition) is 2. The van der Waals surface area contributed by atoms with Gasteiger partial charge < -0.3 is 5.32 Å². The number of rotatable bonds is 4. The van der Waals surface area contributed by atoms with Crippen LogP contribution in [0.15, 0.2) is 0 Å². The van der Waals surface area contributed by atoms with Gasteiger partial charge >= 0.3 is 0 Å². The molecule has 1 heterocycles. The maximum absolute atomic E-state index is 12.4. The van der Waals surface area contributed by atoms with Crippen LogP contribution in [0.2, 0.25) is 0 Å². The molecule has 0 amide bonds. The minimum atomic E-state index is -4.14. The summed E-state index contributed by atoms with van der Waals surface area (Å²) in [5, 5.41) is 3.38. The largest absolute Gasteiger partial charge is 0.314 e. The summed E-state index contributed by atoms with van der Waals surface area (Å²) >= 11 is 0. The number of nitrogens with one attached hydrogen (secondary N) is 1. The normalized spacial score (nSPS) is 42.8. The van der Waals surface area contributed by atoms with E-state index in [1.165, 1.54) is 6.42 Å². The molecule has 6 heteroatoms. The SMILES string of the molecule is CC1(C)[C@@H]2CC(=O)[C@@]1(CS(=O)(=O)O)CC2C[C@H]1CCN1. The lowest BCUT2D eigenvalue weighted by atomic mass is 9.70. The molecule has 1 aliphatic heterocycles. The van der Waals surface area contributed by atoms with Gasteiger partial charge in [0.05, 0.1) is 11.2 Å². The predicted octanol–water partition coefficient (Wildman–Crippen LogP) is 1.25. The van der Waals surface area contributed by atoms with Crippen LogP contribution < -0.4 is 5.32 Å². The molecule has 5 nitrogen and oxygen atoms in total. The van der Waals surface area contributed by atoms with Crippen molar-refractivity contribution < 1.29 is 17.8 Å². The van der Waals surface area contributed by atoms with E-state index in [2.05, 4.69) is 5.32 Å². The summed E-state index contributed by atoms with van der Waals surface area (Å²) in [6, 6.07) is 0.521. The van der Waals surface area contributed by atoms with E-state index in [1.54, 1.807) is 0 Å². The molecule has 0 aromatic carbocycles. The van der Waals surface area contributed by atoms with E-state index in [0.717, 1.165) is 13.0 Å². The van der Waals surface area contributed by atoms with Crippen LogP contribution in [0.1, 0.15) is 39.5 Å². The molecule has 3 aliphatic rings. The number of fused-ring (bicyclic) bond motifs is 2. The summed E-state index contributed by atoms with van der Waals surface area (Å²) in [5.74, 6) is 0.265. The zero-order valence-corrected chi connectivity index (χ0v) is 12.9. The van der Waals surface area contributed by atoms with Gasteiger partial charge in [-0.15, -0.1) is 0 Å². The highest BCUT2D eigenvalue weighted by molar-refractivity contribution is 7.85. The summed E-state index contributed by atoms with van der Waals surface area (Å²) in [4.78, 5) is 12.4. The lowest BCUT2D eigenvalue weighted by Crippen LogP contribution is -2.45. The lowest BCUT2D eigenvalue weighted by molar-refractivity contribution is -0.128. The Morgan fingerprint density at radius 3 is 2.55 bits per heavy atom. The zero-order valence-electron chi connectivity index (χ0n) is 12.1. The third kappa shape index (κ3) is 1.96. The van der Waals surface area contributed by atoms with Gasteiger partial charge in [0.2, 0.25) is 0 Å². The summed E-state index contributed by atoms with van der Waals surface area (Å²) in [6.07, 6.45) is 3.28. The predicted molar refractivity (Wildman–Crippen MR) is 74.9 cm³/mol. The van der Waals surface area contributed by atoms with Crippen molar-refractivity contribution >= 4 is 15.9 Å². The van der Waals surface area contributed by atoms with Crippen LogP contribution in [0.3, 0.4) is 0 Å². The Morgan fingerprint density at radius 2 is 2.05 bits per heavy atom. The average molecular weight is 301 g/mol. The summed E-state index contributed by atoms with van der Waals surface area (Å²) in [5.41, 5.74) is -1.21. The lowest BCUT2D eigenvalue weighted by Gasteiger charge is -2.35. The molecule has 2 aliphatic carbocycles. The first kappa shape index (κ1) is 14.5. The quantitative estimate of drug-likeness (QED) is 0.764. The first-order valence-corrected chi connectivity index (χ1v) is 8.98. The van der Waals surface area contributed by atoms with E-state index in [0.29, 0.717) is 24.8 Å². The van der Waals surface area contributed by atoms with Crippen molar-refractivity contribution in [2.75, 3.05) is 12.3 Å². The van der Waals surface area contributed by atoms with Gasteiger partial charge in [0.15, 0.2) is 0 Å². The van der Waals surface area contributed by atoms with Crippen LogP contribution in [0.25, 0.3) is 0 Å². The number of Topliss-reactive ketones (excluding diaryl/α,β-unsaturated/α-hetero) is 1. The van der Waals surface area contributed by atoms with Crippen molar-refractivity contribution in [3.05, 3.63) is 0 Å². The van der Waals surface area contributed by atoms with Gasteiger partial charge in [-0.05, 0) is 43.1 Å². The monoisotopic (exact) mass is 301 g/mol. The molecule has 1 unspecified atom stereocenters. The number of hydrogen-bond acceptors (Lipinski definition) is 4. The van der Waals surface area contributed by atoms with Crippen LogP contribution in [-0.4, -0.2) is 37.1 Å². The highest BCUT2D eigenvalue weighted by atomic mass is 32.2. The minimum Gasteiger partial charge on any atom is -0.314 e. The van der Waals surface area contributed by atoms with Crippen LogP contribution in [0.4, 0.5) is 0 Å². The molecule has 114 valence electrons. The number of carbonyl (C=O) groups excluding carboxylic acids is 1. The van der Waals surface area contributed by atoms with Crippen LogP contribution >= 0.6 is 0 Å². The first-order valence-electron chi connectivity index (χ1n) is 7.37. The average Bonchev–Trinajstić information content (AvgIpc) is 2.52. The van der Waals surface area contributed by atoms with Gasteiger partial charge in [0.25, 0.3) is 10.1 Å². The smallest absolute Gasteiger partial charge is 0.265 e. The van der Waals surface area contributed by atoms with Crippen molar-refractivity contribution in [3.63, 3.8) is 0 Å². The molecular formula is C14H23NO4S. The van der Waals surface area contributed by atoms with Crippen molar-refractivity contribution in [1.29, 1.82) is 0 Å². The highest BCUT2D eigenvalue weighted by Gasteiger charge is 2.68. The highest BCUT2D eigenvalue weighted by Crippen LogP contribution is 2.67. The molecule has 0 aromatic rings. The van der Waals surface area contributed by atoms with Gasteiger partial charge in [-0.2, -0.15) is 8.42 Å². The summed E-state index contributed by atoms with van der Waals surface area (Å²) in [7, 11) is -4.14. The van der Waals surface area contributed by atoms with Crippen molar-refractivity contribution in [3.8, 4) is 0 Å². The fourth-order valence-corrected chi connectivity index (χ4v) is 6.16. The molecule has 2 N–H and O–H groups in total. The maximum Gasteiger partial charge on any atom is 0.265 e. The first-order chi connectivity index (χ1) is 9.16. The Kier molecular flexibility index (Phi) is 3.09. The van der Waals surface area contributed by atoms with Gasteiger partial charge in [-0.1, -0.05) is 13.8 Å². The molecule has 20 heavy (non-hydrogen) atoms. The second-order valence-corrected chi connectivity index (χ2v) is 8.86. The molecule has 0 radical (unpaired) electrons. The van der Waals surface area contributed by atoms with E-state index in [9.17, 15) is 17.8 Å². The molecule has 0 aromatic heterocycles. The topological polar surface area (TPSA) is 83.5 Å². The molecular weight excluding hydrogens is 278 g/mol. The van der Waals surface area contributed by atoms with E-state index >= 15 is 0 Å². The molecule has 3 fully saturated rings. The van der Waals surface area contributed by atoms with E-state index in [-0.39, 0.29) is 17.1 Å². The Hall–Kier alpha value is -0.460. The molecule has 4 atom stereocenters. The van der Waals surface area contributed by atoms with Crippen LogP contribution in [0, 0.1) is 22.7 Å². The molecule has 0 spiro atoms. The molecule has 3 rings (SSSR count). The zero-order chi connectivity index (χ0) is 14.8. The van der Waals surface area contributed by atoms with Gasteiger partial charge in [-0.3, -0.25) is 9.35 Å². The van der Waals surface area contributed by atoms with Gasteiger partial charge in [0, 0.05) is 12.5 Å². The molecule has 1 saturated heterocycles. The summed E-state index contributed by atoms with van der Waals surface area (Å²) < 4.78 is 32.1. The van der Waals surface area contributed by atoms with Crippen molar-refractivity contribution in [2.45, 2.75) is 45.6 Å². The summed E-state index contributed by atoms with van der Waals surface area (Å²) in [6.45, 7) is 5.06. The Balaban J connectivity index is 1.88. The molecule has 2 saturated carbocycles. The fraction of sp³-hybridized carbons (Fsp3) is 0.929. The van der Waals surface area contributed by atoms with Crippen molar-refractivity contribution in [1.82, 2.24) is 5.32 Å². The Morgan fingerprint density at radius 1 is 1.40 bits per heavy atom. The van der Waals surface area contributed by atoms with Crippen molar-refractivity contribution in [2.24, 2.45) is 22.7 Å². The fourth-order valence-electron chi connectivity index (χ4n) is 4.89. The van der Waals surface area contributed by atoms with Crippen LogP contribution in [-0.2, 0) is 14.9 Å². The number of carbonyl (C=O) groups is 1. The van der Waals surface area contributed by atoms with E-state index < -0.39 is 21.3 Å². The molecule has 2 bridgehead atoms. The maximum atomic E-state index is 12.4. The Labute approximate surface area is 120 Å². The third-order valence-corrected chi connectivity index (χ3v) is 7.08. The minimum absolute atomic E-state index is 0.0305. The van der Waals surface area contributed by atoms with E-state index in [4.69, 9.17) is 0 Å². The Bertz CT molecular complexity index is 537. The van der Waals surface area contributed by atoms with Gasteiger partial charge in [-0.25, -0.2) is 0 Å². The van der Waals surface area contributed by atoms with Crippen LogP contribution in [0.5, 0.6) is 0 Å². The van der Waals surface area contributed by atoms with E-state index in [1.807, 2.05) is 13.8 Å². The number of ketones is 1. The second kappa shape index (κ2) is 4.27. The van der Waals surface area contributed by atoms with Gasteiger partial charge in [0.1, 0.15) is 5.78 Å².